The van der Waals surface area contributed by atoms with Gasteiger partial charge in [-0.15, -0.1) is 0 Å². The fourth-order valence-corrected chi connectivity index (χ4v) is 3.04. The van der Waals surface area contributed by atoms with E-state index in [2.05, 4.69) is 36.2 Å². The second-order valence-corrected chi connectivity index (χ2v) is 6.29. The summed E-state index contributed by atoms with van der Waals surface area (Å²) >= 11 is 0. The molecule has 0 heterocycles. The number of ether oxygens (including phenoxy) is 1. The van der Waals surface area contributed by atoms with Crippen molar-refractivity contribution in [3.63, 3.8) is 0 Å². The molecular formula is C22H27N3O2. The summed E-state index contributed by atoms with van der Waals surface area (Å²) in [6.45, 7) is 10.2. The van der Waals surface area contributed by atoms with Crippen LogP contribution in [-0.4, -0.2) is 25.7 Å². The van der Waals surface area contributed by atoms with Gasteiger partial charge in [0.05, 0.1) is 18.2 Å². The van der Waals surface area contributed by atoms with E-state index in [9.17, 15) is 4.79 Å². The molecule has 1 unspecified atom stereocenters. The molecule has 5 nitrogen and oxygen atoms in total. The number of nitriles is 1. The maximum Gasteiger partial charge on any atom is 0.333 e. The Balaban J connectivity index is 2.41. The number of carbonyl (C=O) groups is 1. The zero-order valence-electron chi connectivity index (χ0n) is 16.5. The van der Waals surface area contributed by atoms with Crippen LogP contribution in [0.4, 0.5) is 11.4 Å². The predicted molar refractivity (Wildman–Crippen MR) is 109 cm³/mol. The third-order valence-corrected chi connectivity index (χ3v) is 4.39. The van der Waals surface area contributed by atoms with Gasteiger partial charge in [-0.25, -0.2) is 4.79 Å². The van der Waals surface area contributed by atoms with Gasteiger partial charge in [0.25, 0.3) is 0 Å². The lowest BCUT2D eigenvalue weighted by atomic mass is 10.0. The first-order valence-corrected chi connectivity index (χ1v) is 9.32. The molecular weight excluding hydrogens is 338 g/mol. The van der Waals surface area contributed by atoms with Crippen LogP contribution in [0.3, 0.4) is 0 Å². The summed E-state index contributed by atoms with van der Waals surface area (Å²) in [6.07, 6.45) is 0. The Morgan fingerprint density at radius 2 is 1.81 bits per heavy atom. The molecule has 0 spiro atoms. The number of nitrogens with zero attached hydrogens (tertiary/aromatic N) is 2. The highest BCUT2D eigenvalue weighted by atomic mass is 16.5. The normalized spacial score (nSPS) is 11.4. The summed E-state index contributed by atoms with van der Waals surface area (Å²) in [6, 6.07) is 14.7. The number of carbonyl (C=O) groups excluding carboxylic acids is 1. The highest BCUT2D eigenvalue weighted by molar-refractivity contribution is 5.81. The third-order valence-electron chi connectivity index (χ3n) is 4.39. The predicted octanol–water partition coefficient (Wildman–Crippen LogP) is 4.43. The average Bonchev–Trinajstić information content (AvgIpc) is 2.67. The number of anilines is 2. The minimum absolute atomic E-state index is 0.319. The molecule has 5 heteroatoms. The second kappa shape index (κ2) is 9.63. The molecule has 2 aromatic rings. The van der Waals surface area contributed by atoms with E-state index in [0.29, 0.717) is 12.2 Å². The minimum Gasteiger partial charge on any atom is -0.464 e. The highest BCUT2D eigenvalue weighted by Crippen LogP contribution is 2.27. The van der Waals surface area contributed by atoms with E-state index in [4.69, 9.17) is 10.00 Å². The molecule has 0 aromatic heterocycles. The molecule has 1 atom stereocenters. The first kappa shape index (κ1) is 20.3. The first-order valence-electron chi connectivity index (χ1n) is 9.32. The van der Waals surface area contributed by atoms with Crippen molar-refractivity contribution >= 4 is 17.3 Å². The van der Waals surface area contributed by atoms with Crippen LogP contribution >= 0.6 is 0 Å². The Hall–Kier alpha value is -3.00. The smallest absolute Gasteiger partial charge is 0.333 e. The molecule has 0 radical (unpaired) electrons. The molecule has 142 valence electrons. The van der Waals surface area contributed by atoms with Crippen molar-refractivity contribution in [2.45, 2.75) is 33.7 Å². The van der Waals surface area contributed by atoms with E-state index in [1.807, 2.05) is 19.1 Å². The van der Waals surface area contributed by atoms with Gasteiger partial charge in [0.15, 0.2) is 6.04 Å². The van der Waals surface area contributed by atoms with Crippen LogP contribution in [-0.2, 0) is 9.53 Å². The molecule has 2 aromatic carbocycles. The van der Waals surface area contributed by atoms with Gasteiger partial charge in [0.2, 0.25) is 0 Å². The van der Waals surface area contributed by atoms with Gasteiger partial charge in [-0.1, -0.05) is 6.07 Å². The van der Waals surface area contributed by atoms with E-state index in [1.165, 1.54) is 0 Å². The van der Waals surface area contributed by atoms with E-state index in [0.717, 1.165) is 35.6 Å². The number of hydrogen-bond acceptors (Lipinski definition) is 5. The highest BCUT2D eigenvalue weighted by Gasteiger charge is 2.23. The maximum absolute atomic E-state index is 12.7. The fraction of sp³-hybridized carbons (Fsp3) is 0.364. The van der Waals surface area contributed by atoms with Crippen LogP contribution in [0.15, 0.2) is 42.5 Å². The number of rotatable bonds is 8. The molecule has 1 N–H and O–H groups in total. The average molecular weight is 365 g/mol. The third kappa shape index (κ3) is 5.24. The molecule has 0 amide bonds. The van der Waals surface area contributed by atoms with Crippen LogP contribution in [0.2, 0.25) is 0 Å². The van der Waals surface area contributed by atoms with Crippen molar-refractivity contribution in [1.29, 1.82) is 5.26 Å². The standard InChI is InChI=1S/C22H27N3O2/c1-5-25(6-2)20-13-16(4)12-18(14-20)21(22(26)27-7-3)24-19-10-8-17(15-23)9-11-19/h8-14,21,24H,5-7H2,1-4H3. The Bertz CT molecular complexity index is 805. The minimum atomic E-state index is -0.618. The van der Waals surface area contributed by atoms with Crippen LogP contribution in [0.1, 0.15) is 43.5 Å². The number of aryl methyl sites for hydroxylation is 1. The number of esters is 1. The summed E-state index contributed by atoms with van der Waals surface area (Å²) in [7, 11) is 0. The van der Waals surface area contributed by atoms with Gasteiger partial charge >= 0.3 is 5.97 Å². The lowest BCUT2D eigenvalue weighted by molar-refractivity contribution is -0.144. The van der Waals surface area contributed by atoms with Crippen LogP contribution in [0, 0.1) is 18.3 Å². The zero-order chi connectivity index (χ0) is 19.8. The molecule has 0 saturated heterocycles. The monoisotopic (exact) mass is 365 g/mol. The second-order valence-electron chi connectivity index (χ2n) is 6.29. The van der Waals surface area contributed by atoms with Gasteiger partial charge in [-0.3, -0.25) is 0 Å². The molecule has 27 heavy (non-hydrogen) atoms. The lowest BCUT2D eigenvalue weighted by Crippen LogP contribution is -2.25. The summed E-state index contributed by atoms with van der Waals surface area (Å²) in [4.78, 5) is 14.9. The Kier molecular flexibility index (Phi) is 7.25. The van der Waals surface area contributed by atoms with Crippen LogP contribution < -0.4 is 10.2 Å². The molecule has 0 aliphatic heterocycles. The van der Waals surface area contributed by atoms with E-state index >= 15 is 0 Å². The molecule has 2 rings (SSSR count). The molecule has 0 bridgehead atoms. The van der Waals surface area contributed by atoms with Gasteiger partial charge in [0, 0.05) is 24.5 Å². The molecule has 0 aliphatic carbocycles. The van der Waals surface area contributed by atoms with Crippen molar-refractivity contribution in [2.24, 2.45) is 0 Å². The Labute approximate surface area is 161 Å². The Morgan fingerprint density at radius 3 is 2.37 bits per heavy atom. The van der Waals surface area contributed by atoms with Crippen molar-refractivity contribution in [1.82, 2.24) is 0 Å². The summed E-state index contributed by atoms with van der Waals surface area (Å²) in [5.41, 5.74) is 4.38. The number of hydrogen-bond donors (Lipinski definition) is 1. The lowest BCUT2D eigenvalue weighted by Gasteiger charge is -2.25. The topological polar surface area (TPSA) is 65.4 Å². The zero-order valence-corrected chi connectivity index (χ0v) is 16.5. The Morgan fingerprint density at radius 1 is 1.15 bits per heavy atom. The van der Waals surface area contributed by atoms with E-state index in [1.54, 1.807) is 31.2 Å². The number of nitrogens with one attached hydrogen (secondary N) is 1. The quantitative estimate of drug-likeness (QED) is 0.701. The van der Waals surface area contributed by atoms with E-state index < -0.39 is 6.04 Å². The summed E-state index contributed by atoms with van der Waals surface area (Å²) in [5.74, 6) is -0.321. The molecule has 0 saturated carbocycles. The van der Waals surface area contributed by atoms with Crippen molar-refractivity contribution in [3.8, 4) is 6.07 Å². The van der Waals surface area contributed by atoms with Gasteiger partial charge in [0.1, 0.15) is 0 Å². The van der Waals surface area contributed by atoms with Crippen LogP contribution in [0.25, 0.3) is 0 Å². The van der Waals surface area contributed by atoms with Crippen molar-refractivity contribution in [2.75, 3.05) is 29.9 Å². The maximum atomic E-state index is 12.7. The largest absolute Gasteiger partial charge is 0.464 e. The van der Waals surface area contributed by atoms with Gasteiger partial charge < -0.3 is 15.0 Å². The molecule has 0 fully saturated rings. The van der Waals surface area contributed by atoms with Gasteiger partial charge in [-0.2, -0.15) is 5.26 Å². The number of benzene rings is 2. The van der Waals surface area contributed by atoms with E-state index in [-0.39, 0.29) is 5.97 Å². The summed E-state index contributed by atoms with van der Waals surface area (Å²) in [5, 5.41) is 12.2. The molecule has 0 aliphatic rings. The van der Waals surface area contributed by atoms with Gasteiger partial charge in [-0.05, 0) is 75.2 Å². The first-order chi connectivity index (χ1) is 13.0. The SMILES string of the molecule is CCOC(=O)C(Nc1ccc(C#N)cc1)c1cc(C)cc(N(CC)CC)c1. The van der Waals surface area contributed by atoms with Crippen molar-refractivity contribution in [3.05, 3.63) is 59.2 Å². The van der Waals surface area contributed by atoms with Crippen LogP contribution in [0.5, 0.6) is 0 Å². The summed E-state index contributed by atoms with van der Waals surface area (Å²) < 4.78 is 5.30. The van der Waals surface area contributed by atoms with Crippen molar-refractivity contribution < 1.29 is 9.53 Å². The fourth-order valence-electron chi connectivity index (χ4n) is 3.04.